The zero-order valence-corrected chi connectivity index (χ0v) is 12.4. The molecule has 19 heavy (non-hydrogen) atoms. The van der Waals surface area contributed by atoms with Crippen LogP contribution < -0.4 is 10.1 Å². The third-order valence-corrected chi connectivity index (χ3v) is 4.17. The Hall–Kier alpha value is -1.07. The van der Waals surface area contributed by atoms with Gasteiger partial charge in [0.15, 0.2) is 0 Å². The second-order valence-electron chi connectivity index (χ2n) is 4.89. The van der Waals surface area contributed by atoms with Crippen LogP contribution in [-0.2, 0) is 0 Å². The van der Waals surface area contributed by atoms with Crippen molar-refractivity contribution in [1.29, 1.82) is 0 Å². The standard InChI is InChI=1S/C14H18BrNO3/c1-19-11-4-5-13(15)12(7-11)14(18)16-8-9-2-3-10(17)6-9/h4-5,7,9-10,17H,2-3,6,8H2,1H3,(H,16,18). The van der Waals surface area contributed by atoms with Gasteiger partial charge in [-0.25, -0.2) is 0 Å². The van der Waals surface area contributed by atoms with Crippen LogP contribution in [0.1, 0.15) is 29.6 Å². The number of amides is 1. The van der Waals surface area contributed by atoms with Gasteiger partial charge in [-0.05, 0) is 59.3 Å². The van der Waals surface area contributed by atoms with E-state index in [0.717, 1.165) is 23.7 Å². The largest absolute Gasteiger partial charge is 0.497 e. The van der Waals surface area contributed by atoms with E-state index in [4.69, 9.17) is 4.74 Å². The Balaban J connectivity index is 1.96. The molecule has 2 rings (SSSR count). The molecule has 1 aromatic carbocycles. The van der Waals surface area contributed by atoms with Crippen LogP contribution in [0.15, 0.2) is 22.7 Å². The molecule has 5 heteroatoms. The first-order chi connectivity index (χ1) is 9.10. The molecule has 2 atom stereocenters. The molecule has 2 unspecified atom stereocenters. The summed E-state index contributed by atoms with van der Waals surface area (Å²) in [7, 11) is 1.57. The number of halogens is 1. The SMILES string of the molecule is COc1ccc(Br)c(C(=O)NCC2CCC(O)C2)c1. The van der Waals surface area contributed by atoms with Crippen LogP contribution in [0.4, 0.5) is 0 Å². The van der Waals surface area contributed by atoms with Crippen LogP contribution in [0.25, 0.3) is 0 Å². The van der Waals surface area contributed by atoms with Crippen molar-refractivity contribution in [3.05, 3.63) is 28.2 Å². The summed E-state index contributed by atoms with van der Waals surface area (Å²) in [5.41, 5.74) is 0.567. The minimum Gasteiger partial charge on any atom is -0.497 e. The minimum atomic E-state index is -0.203. The molecule has 104 valence electrons. The molecule has 0 aromatic heterocycles. The number of ether oxygens (including phenoxy) is 1. The van der Waals surface area contributed by atoms with Gasteiger partial charge in [-0.2, -0.15) is 0 Å². The first-order valence-corrected chi connectivity index (χ1v) is 7.19. The maximum atomic E-state index is 12.1. The summed E-state index contributed by atoms with van der Waals surface area (Å²) in [6.45, 7) is 0.611. The summed E-state index contributed by atoms with van der Waals surface area (Å²) >= 11 is 3.37. The van der Waals surface area contributed by atoms with Crippen LogP contribution in [0.3, 0.4) is 0 Å². The van der Waals surface area contributed by atoms with Crippen molar-refractivity contribution in [3.8, 4) is 5.75 Å². The number of methoxy groups -OCH3 is 1. The number of carbonyl (C=O) groups is 1. The van der Waals surface area contributed by atoms with E-state index in [1.165, 1.54) is 0 Å². The summed E-state index contributed by atoms with van der Waals surface area (Å²) < 4.78 is 5.87. The molecular weight excluding hydrogens is 310 g/mol. The minimum absolute atomic E-state index is 0.118. The van der Waals surface area contributed by atoms with Gasteiger partial charge in [-0.3, -0.25) is 4.79 Å². The van der Waals surface area contributed by atoms with E-state index in [-0.39, 0.29) is 12.0 Å². The predicted molar refractivity (Wildman–Crippen MR) is 76.4 cm³/mol. The average Bonchev–Trinajstić information content (AvgIpc) is 2.82. The Bertz CT molecular complexity index is 464. The second-order valence-corrected chi connectivity index (χ2v) is 5.74. The third kappa shape index (κ3) is 3.70. The van der Waals surface area contributed by atoms with Crippen LogP contribution in [-0.4, -0.2) is 30.8 Å². The van der Waals surface area contributed by atoms with Crippen LogP contribution in [0.2, 0.25) is 0 Å². The van der Waals surface area contributed by atoms with E-state index in [0.29, 0.717) is 23.8 Å². The van der Waals surface area contributed by atoms with Gasteiger partial charge in [-0.1, -0.05) is 0 Å². The quantitative estimate of drug-likeness (QED) is 0.892. The van der Waals surface area contributed by atoms with Crippen molar-refractivity contribution in [2.45, 2.75) is 25.4 Å². The van der Waals surface area contributed by atoms with Gasteiger partial charge in [-0.15, -0.1) is 0 Å². The lowest BCUT2D eigenvalue weighted by Gasteiger charge is -2.12. The number of hydrogen-bond acceptors (Lipinski definition) is 3. The summed E-state index contributed by atoms with van der Waals surface area (Å²) in [4.78, 5) is 12.1. The molecule has 1 aliphatic carbocycles. The van der Waals surface area contributed by atoms with Gasteiger partial charge >= 0.3 is 0 Å². The lowest BCUT2D eigenvalue weighted by molar-refractivity contribution is 0.0944. The number of benzene rings is 1. The molecule has 1 amide bonds. The lowest BCUT2D eigenvalue weighted by Crippen LogP contribution is -2.29. The Morgan fingerprint density at radius 1 is 1.53 bits per heavy atom. The van der Waals surface area contributed by atoms with Crippen LogP contribution in [0.5, 0.6) is 5.75 Å². The maximum Gasteiger partial charge on any atom is 0.252 e. The normalized spacial score (nSPS) is 22.3. The van der Waals surface area contributed by atoms with Gasteiger partial charge in [0.05, 0.1) is 18.8 Å². The highest BCUT2D eigenvalue weighted by atomic mass is 79.9. The zero-order valence-electron chi connectivity index (χ0n) is 10.9. The van der Waals surface area contributed by atoms with Crippen LogP contribution >= 0.6 is 15.9 Å². The van der Waals surface area contributed by atoms with E-state index in [9.17, 15) is 9.90 Å². The van der Waals surface area contributed by atoms with E-state index in [1.807, 2.05) is 0 Å². The molecule has 1 saturated carbocycles. The molecule has 1 aliphatic rings. The van der Waals surface area contributed by atoms with Gasteiger partial charge < -0.3 is 15.2 Å². The van der Waals surface area contributed by atoms with Crippen molar-refractivity contribution in [3.63, 3.8) is 0 Å². The van der Waals surface area contributed by atoms with Crippen molar-refractivity contribution >= 4 is 21.8 Å². The molecule has 0 spiro atoms. The second kappa shape index (κ2) is 6.39. The maximum absolute atomic E-state index is 12.1. The average molecular weight is 328 g/mol. The van der Waals surface area contributed by atoms with Gasteiger partial charge in [0, 0.05) is 11.0 Å². The van der Waals surface area contributed by atoms with E-state index < -0.39 is 0 Å². The molecule has 0 heterocycles. The predicted octanol–water partition coefficient (Wildman–Crippen LogP) is 2.35. The number of rotatable bonds is 4. The lowest BCUT2D eigenvalue weighted by atomic mass is 10.1. The Morgan fingerprint density at radius 3 is 2.95 bits per heavy atom. The fourth-order valence-corrected chi connectivity index (χ4v) is 2.80. The summed E-state index contributed by atoms with van der Waals surface area (Å²) in [5.74, 6) is 0.917. The summed E-state index contributed by atoms with van der Waals surface area (Å²) in [6, 6.07) is 5.31. The zero-order chi connectivity index (χ0) is 13.8. The first-order valence-electron chi connectivity index (χ1n) is 6.40. The van der Waals surface area contributed by atoms with Crippen molar-refractivity contribution in [2.24, 2.45) is 5.92 Å². The van der Waals surface area contributed by atoms with E-state index in [2.05, 4.69) is 21.2 Å². The molecule has 1 fully saturated rings. The molecule has 4 nitrogen and oxygen atoms in total. The van der Waals surface area contributed by atoms with Gasteiger partial charge in [0.25, 0.3) is 5.91 Å². The van der Waals surface area contributed by atoms with Gasteiger partial charge in [0.1, 0.15) is 5.75 Å². The number of aliphatic hydroxyl groups is 1. The fraction of sp³-hybridized carbons (Fsp3) is 0.500. The molecule has 0 aliphatic heterocycles. The Labute approximate surface area is 121 Å². The highest BCUT2D eigenvalue weighted by Crippen LogP contribution is 2.25. The number of carbonyl (C=O) groups excluding carboxylic acids is 1. The van der Waals surface area contributed by atoms with E-state index >= 15 is 0 Å². The highest BCUT2D eigenvalue weighted by molar-refractivity contribution is 9.10. The van der Waals surface area contributed by atoms with E-state index in [1.54, 1.807) is 25.3 Å². The first kappa shape index (κ1) is 14.3. The van der Waals surface area contributed by atoms with Crippen molar-refractivity contribution < 1.29 is 14.6 Å². The van der Waals surface area contributed by atoms with Crippen LogP contribution in [0, 0.1) is 5.92 Å². The summed E-state index contributed by atoms with van der Waals surface area (Å²) in [5, 5.41) is 12.4. The topological polar surface area (TPSA) is 58.6 Å². The summed E-state index contributed by atoms with van der Waals surface area (Å²) in [6.07, 6.45) is 2.38. The number of aliphatic hydroxyl groups excluding tert-OH is 1. The van der Waals surface area contributed by atoms with Crippen molar-refractivity contribution in [2.75, 3.05) is 13.7 Å². The molecular formula is C14H18BrNO3. The Morgan fingerprint density at radius 2 is 2.32 bits per heavy atom. The van der Waals surface area contributed by atoms with Crippen molar-refractivity contribution in [1.82, 2.24) is 5.32 Å². The smallest absolute Gasteiger partial charge is 0.252 e. The number of hydrogen-bond donors (Lipinski definition) is 2. The molecule has 1 aromatic rings. The monoisotopic (exact) mass is 327 g/mol. The number of nitrogens with one attached hydrogen (secondary N) is 1. The van der Waals surface area contributed by atoms with Gasteiger partial charge in [0.2, 0.25) is 0 Å². The molecule has 0 bridgehead atoms. The Kier molecular flexibility index (Phi) is 4.82. The molecule has 0 saturated heterocycles. The molecule has 2 N–H and O–H groups in total. The highest BCUT2D eigenvalue weighted by Gasteiger charge is 2.23. The molecule has 0 radical (unpaired) electrons. The fourth-order valence-electron chi connectivity index (χ4n) is 2.37. The third-order valence-electron chi connectivity index (χ3n) is 3.48.